The van der Waals surface area contributed by atoms with Crippen molar-refractivity contribution >= 4 is 16.8 Å². The van der Waals surface area contributed by atoms with Crippen molar-refractivity contribution in [3.63, 3.8) is 0 Å². The van der Waals surface area contributed by atoms with E-state index in [0.717, 1.165) is 11.4 Å². The van der Waals surface area contributed by atoms with Crippen LogP contribution in [0.5, 0.6) is 0 Å². The zero-order valence-electron chi connectivity index (χ0n) is 14.6. The number of carbonyl (C=O) groups excluding carboxylic acids is 1. The molecule has 0 fully saturated rings. The van der Waals surface area contributed by atoms with Crippen LogP contribution < -0.4 is 5.56 Å². The van der Waals surface area contributed by atoms with Crippen LogP contribution >= 0.6 is 0 Å². The van der Waals surface area contributed by atoms with Crippen molar-refractivity contribution in [3.05, 3.63) is 57.9 Å². The average Bonchev–Trinajstić information content (AvgIpc) is 2.90. The Bertz CT molecular complexity index is 973. The van der Waals surface area contributed by atoms with Gasteiger partial charge >= 0.3 is 0 Å². The van der Waals surface area contributed by atoms with E-state index in [-0.39, 0.29) is 18.0 Å². The molecule has 0 saturated heterocycles. The third kappa shape index (κ3) is 3.76. The second-order valence-corrected chi connectivity index (χ2v) is 6.18. The van der Waals surface area contributed by atoms with Gasteiger partial charge in [0.2, 0.25) is 5.91 Å². The monoisotopic (exact) mass is 339 g/mol. The highest BCUT2D eigenvalue weighted by Crippen LogP contribution is 2.08. The number of aromatic nitrogens is 4. The number of amides is 1. The number of H-pyrrole nitrogens is 1. The van der Waals surface area contributed by atoms with Crippen molar-refractivity contribution in [2.75, 3.05) is 7.05 Å². The number of nitrogens with one attached hydrogen (secondary N) is 1. The molecule has 2 heterocycles. The fourth-order valence-electron chi connectivity index (χ4n) is 2.82. The summed E-state index contributed by atoms with van der Waals surface area (Å²) in [5.41, 5.74) is 2.42. The number of aryl methyl sites for hydroxylation is 3. The fraction of sp³-hybridized carbons (Fsp3) is 0.333. The normalized spacial score (nSPS) is 11.0. The topological polar surface area (TPSA) is 83.9 Å². The van der Waals surface area contributed by atoms with E-state index in [0.29, 0.717) is 29.7 Å². The Hall–Kier alpha value is -2.96. The maximum Gasteiger partial charge on any atom is 0.258 e. The third-order valence-electron chi connectivity index (χ3n) is 4.12. The van der Waals surface area contributed by atoms with E-state index >= 15 is 0 Å². The molecule has 130 valence electrons. The number of rotatable bonds is 5. The molecule has 0 aliphatic carbocycles. The molecule has 3 rings (SSSR count). The predicted octanol–water partition coefficient (Wildman–Crippen LogP) is 1.79. The molecule has 1 amide bonds. The molecule has 0 atom stereocenters. The van der Waals surface area contributed by atoms with E-state index < -0.39 is 0 Å². The molecule has 1 N–H and O–H groups in total. The van der Waals surface area contributed by atoms with E-state index in [1.807, 2.05) is 30.7 Å². The average molecular weight is 339 g/mol. The van der Waals surface area contributed by atoms with Crippen LogP contribution in [0.4, 0.5) is 0 Å². The Morgan fingerprint density at radius 3 is 2.76 bits per heavy atom. The van der Waals surface area contributed by atoms with Crippen molar-refractivity contribution in [3.8, 4) is 0 Å². The second kappa shape index (κ2) is 6.88. The van der Waals surface area contributed by atoms with Gasteiger partial charge in [-0.05, 0) is 32.0 Å². The molecular formula is C18H21N5O2. The Morgan fingerprint density at radius 1 is 1.28 bits per heavy atom. The van der Waals surface area contributed by atoms with Crippen LogP contribution in [0.25, 0.3) is 10.9 Å². The quantitative estimate of drug-likeness (QED) is 0.768. The number of nitrogens with zero attached hydrogens (tertiary/aromatic N) is 4. The molecular weight excluding hydrogens is 318 g/mol. The van der Waals surface area contributed by atoms with Crippen LogP contribution in [0.1, 0.15) is 23.6 Å². The molecule has 0 bridgehead atoms. The third-order valence-corrected chi connectivity index (χ3v) is 4.12. The zero-order valence-corrected chi connectivity index (χ0v) is 14.6. The van der Waals surface area contributed by atoms with Gasteiger partial charge in [-0.15, -0.1) is 0 Å². The van der Waals surface area contributed by atoms with Crippen molar-refractivity contribution in [1.29, 1.82) is 0 Å². The number of hydrogen-bond acceptors (Lipinski definition) is 4. The summed E-state index contributed by atoms with van der Waals surface area (Å²) in [5.74, 6) is 0.453. The van der Waals surface area contributed by atoms with Gasteiger partial charge in [-0.25, -0.2) is 4.98 Å². The van der Waals surface area contributed by atoms with Gasteiger partial charge in [0.15, 0.2) is 0 Å². The number of aromatic amines is 1. The van der Waals surface area contributed by atoms with Crippen molar-refractivity contribution in [2.45, 2.75) is 33.4 Å². The summed E-state index contributed by atoms with van der Waals surface area (Å²) >= 11 is 0. The molecule has 1 aromatic carbocycles. The van der Waals surface area contributed by atoms with Crippen molar-refractivity contribution < 1.29 is 4.79 Å². The predicted molar refractivity (Wildman–Crippen MR) is 95.2 cm³/mol. The molecule has 25 heavy (non-hydrogen) atoms. The molecule has 0 saturated carbocycles. The number of fused-ring (bicyclic) bond motifs is 1. The highest BCUT2D eigenvalue weighted by Gasteiger charge is 2.13. The summed E-state index contributed by atoms with van der Waals surface area (Å²) in [6.45, 7) is 4.69. The summed E-state index contributed by atoms with van der Waals surface area (Å²) in [5, 5.41) is 4.90. The summed E-state index contributed by atoms with van der Waals surface area (Å²) in [7, 11) is 1.71. The second-order valence-electron chi connectivity index (χ2n) is 6.18. The van der Waals surface area contributed by atoms with Gasteiger partial charge in [0.05, 0.1) is 23.1 Å². The van der Waals surface area contributed by atoms with Crippen molar-refractivity contribution in [1.82, 2.24) is 24.6 Å². The summed E-state index contributed by atoms with van der Waals surface area (Å²) in [6.07, 6.45) is 0.344. The summed E-state index contributed by atoms with van der Waals surface area (Å²) < 4.78 is 1.83. The first kappa shape index (κ1) is 16.9. The maximum atomic E-state index is 12.4. The van der Waals surface area contributed by atoms with Gasteiger partial charge in [-0.2, -0.15) is 5.10 Å². The van der Waals surface area contributed by atoms with Crippen LogP contribution in [0.15, 0.2) is 35.1 Å². The Balaban J connectivity index is 1.67. The van der Waals surface area contributed by atoms with Crippen LogP contribution in [0, 0.1) is 13.8 Å². The molecule has 7 heteroatoms. The van der Waals surface area contributed by atoms with Crippen LogP contribution in [-0.2, 0) is 17.9 Å². The first-order valence-electron chi connectivity index (χ1n) is 8.17. The lowest BCUT2D eigenvalue weighted by Gasteiger charge is -2.17. The van der Waals surface area contributed by atoms with Gasteiger partial charge in [-0.1, -0.05) is 12.1 Å². The van der Waals surface area contributed by atoms with Gasteiger partial charge < -0.3 is 9.88 Å². The van der Waals surface area contributed by atoms with E-state index in [9.17, 15) is 9.59 Å². The van der Waals surface area contributed by atoms with E-state index in [1.54, 1.807) is 30.1 Å². The minimum absolute atomic E-state index is 0.0247. The Labute approximate surface area is 145 Å². The molecule has 0 unspecified atom stereocenters. The number of carbonyl (C=O) groups is 1. The van der Waals surface area contributed by atoms with Crippen LogP contribution in [-0.4, -0.2) is 37.6 Å². The molecule has 0 spiro atoms. The SMILES string of the molecule is Cc1cc(C)n(CCC(=O)N(C)Cc2nc3ccccc3c(=O)[nH]2)n1. The highest BCUT2D eigenvalue weighted by atomic mass is 16.2. The van der Waals surface area contributed by atoms with Crippen LogP contribution in [0.2, 0.25) is 0 Å². The molecule has 0 aliphatic rings. The maximum absolute atomic E-state index is 12.4. The fourth-order valence-corrected chi connectivity index (χ4v) is 2.82. The molecule has 7 nitrogen and oxygen atoms in total. The first-order chi connectivity index (χ1) is 11.9. The van der Waals surface area contributed by atoms with E-state index in [1.165, 1.54) is 0 Å². The minimum Gasteiger partial charge on any atom is -0.338 e. The standard InChI is InChI=1S/C18H21N5O2/c1-12-10-13(2)23(21-12)9-8-17(24)22(3)11-16-19-15-7-5-4-6-14(15)18(25)20-16/h4-7,10H,8-9,11H2,1-3H3,(H,19,20,25). The van der Waals surface area contributed by atoms with Gasteiger partial charge in [-0.3, -0.25) is 14.3 Å². The number of benzene rings is 1. The van der Waals surface area contributed by atoms with E-state index in [2.05, 4.69) is 15.1 Å². The van der Waals surface area contributed by atoms with Crippen molar-refractivity contribution in [2.24, 2.45) is 0 Å². The lowest BCUT2D eigenvalue weighted by molar-refractivity contribution is -0.130. The minimum atomic E-state index is -0.191. The van der Waals surface area contributed by atoms with Gasteiger partial charge in [0.1, 0.15) is 5.82 Å². The number of para-hydroxylation sites is 1. The Morgan fingerprint density at radius 2 is 2.04 bits per heavy atom. The lowest BCUT2D eigenvalue weighted by atomic mass is 10.2. The zero-order chi connectivity index (χ0) is 18.0. The van der Waals surface area contributed by atoms with Crippen LogP contribution in [0.3, 0.4) is 0 Å². The summed E-state index contributed by atoms with van der Waals surface area (Å²) in [4.78, 5) is 33.2. The highest BCUT2D eigenvalue weighted by molar-refractivity contribution is 5.77. The molecule has 3 aromatic rings. The number of hydrogen-bond donors (Lipinski definition) is 1. The lowest BCUT2D eigenvalue weighted by Crippen LogP contribution is -2.29. The molecule has 0 radical (unpaired) electrons. The van der Waals surface area contributed by atoms with E-state index in [4.69, 9.17) is 0 Å². The summed E-state index contributed by atoms with van der Waals surface area (Å²) in [6, 6.07) is 9.14. The molecule has 2 aromatic heterocycles. The smallest absolute Gasteiger partial charge is 0.258 e. The largest absolute Gasteiger partial charge is 0.338 e. The first-order valence-corrected chi connectivity index (χ1v) is 8.17. The van der Waals surface area contributed by atoms with Gasteiger partial charge in [0, 0.05) is 25.7 Å². The Kier molecular flexibility index (Phi) is 4.65. The molecule has 0 aliphatic heterocycles. The van der Waals surface area contributed by atoms with Gasteiger partial charge in [0.25, 0.3) is 5.56 Å².